The number of fused-ring (bicyclic) bond motifs is 1. The number of aromatic hydroxyl groups is 1. The van der Waals surface area contributed by atoms with Gasteiger partial charge in [0, 0.05) is 35.2 Å². The number of nitrogens with one attached hydrogen (secondary N) is 1. The third kappa shape index (κ3) is 5.82. The molecule has 0 aliphatic carbocycles. The minimum atomic E-state index is -0.917. The fourth-order valence-electron chi connectivity index (χ4n) is 4.02. The van der Waals surface area contributed by atoms with E-state index in [4.69, 9.17) is 9.47 Å². The number of hydrogen-bond acceptors (Lipinski definition) is 6. The number of aliphatic hydroxyl groups is 1. The number of carbonyl (C=O) groups is 2. The lowest BCUT2D eigenvalue weighted by atomic mass is 9.95. The molecule has 0 bridgehead atoms. The lowest BCUT2D eigenvalue weighted by Crippen LogP contribution is -2.32. The molecule has 4 rings (SSSR count). The molecule has 3 N–H and O–H groups in total. The molecule has 0 aromatic heterocycles. The van der Waals surface area contributed by atoms with E-state index < -0.39 is 18.3 Å². The summed E-state index contributed by atoms with van der Waals surface area (Å²) >= 11 is 0. The number of benzene rings is 4. The predicted octanol–water partition coefficient (Wildman–Crippen LogP) is 5.87. The van der Waals surface area contributed by atoms with Crippen molar-refractivity contribution in [2.45, 2.75) is 25.6 Å². The fourth-order valence-corrected chi connectivity index (χ4v) is 4.02. The van der Waals surface area contributed by atoms with Gasteiger partial charge in [-0.1, -0.05) is 48.5 Å². The summed E-state index contributed by atoms with van der Waals surface area (Å²) in [5.41, 5.74) is 1.61. The zero-order valence-electron chi connectivity index (χ0n) is 19.8. The lowest BCUT2D eigenvalue weighted by molar-refractivity contribution is 0.00983. The molecule has 0 saturated carbocycles. The Labute approximate surface area is 208 Å². The second-order valence-electron chi connectivity index (χ2n) is 8.29. The molecule has 36 heavy (non-hydrogen) atoms. The van der Waals surface area contributed by atoms with E-state index in [0.29, 0.717) is 33.3 Å². The van der Waals surface area contributed by atoms with Crippen molar-refractivity contribution < 1.29 is 29.3 Å². The molecule has 0 unspecified atom stereocenters. The fraction of sp³-hybridized carbons (Fsp3) is 0.172. The number of aliphatic hydroxyl groups excluding tert-OH is 1. The number of ether oxygens (including phenoxy) is 2. The Morgan fingerprint density at radius 3 is 2.19 bits per heavy atom. The maximum Gasteiger partial charge on any atom is 0.412 e. The SMILES string of the molecule is CC(=O)c1ccc(NC(=O)O[C@H](c2ccc(O)c3ccccc23)[C@@H](CCO)Oc2ccccc2)cc1. The van der Waals surface area contributed by atoms with Gasteiger partial charge in [0.1, 0.15) is 17.6 Å². The summed E-state index contributed by atoms with van der Waals surface area (Å²) < 4.78 is 12.1. The summed E-state index contributed by atoms with van der Waals surface area (Å²) in [5, 5.41) is 24.2. The quantitative estimate of drug-likeness (QED) is 0.256. The van der Waals surface area contributed by atoms with E-state index in [1.165, 1.54) is 6.92 Å². The van der Waals surface area contributed by atoms with Crippen LogP contribution in [0.15, 0.2) is 91.0 Å². The standard InChI is InChI=1S/C29H27NO6/c1-19(32)20-11-13-21(14-12-20)30-29(34)36-28(27(17-18-31)35-22-7-3-2-4-8-22)25-15-16-26(33)24-10-6-5-9-23(24)25/h2-16,27-28,31,33H,17-18H2,1H3,(H,30,34)/t27-,28-/m1/s1. The number of phenols is 1. The maximum atomic E-state index is 13.0. The highest BCUT2D eigenvalue weighted by Crippen LogP contribution is 2.36. The highest BCUT2D eigenvalue weighted by atomic mass is 16.6. The van der Waals surface area contributed by atoms with E-state index in [1.807, 2.05) is 36.4 Å². The van der Waals surface area contributed by atoms with E-state index in [1.54, 1.807) is 54.6 Å². The van der Waals surface area contributed by atoms with Gasteiger partial charge < -0.3 is 19.7 Å². The number of ketones is 1. The Kier molecular flexibility index (Phi) is 7.82. The smallest absolute Gasteiger partial charge is 0.412 e. The zero-order valence-corrected chi connectivity index (χ0v) is 19.8. The van der Waals surface area contributed by atoms with Crippen LogP contribution in [-0.2, 0) is 4.74 Å². The molecule has 184 valence electrons. The summed E-state index contributed by atoms with van der Waals surface area (Å²) in [6.45, 7) is 1.28. The van der Waals surface area contributed by atoms with Crippen LogP contribution in [0.25, 0.3) is 10.8 Å². The van der Waals surface area contributed by atoms with Crippen LogP contribution in [0.3, 0.4) is 0 Å². The molecule has 0 aliphatic rings. The summed E-state index contributed by atoms with van der Waals surface area (Å²) in [7, 11) is 0. The molecule has 0 radical (unpaired) electrons. The maximum absolute atomic E-state index is 13.0. The van der Waals surface area contributed by atoms with Crippen LogP contribution >= 0.6 is 0 Å². The van der Waals surface area contributed by atoms with Crippen molar-refractivity contribution in [2.24, 2.45) is 0 Å². The molecule has 7 heteroatoms. The molecule has 0 saturated heterocycles. The summed E-state index contributed by atoms with van der Waals surface area (Å²) in [6.07, 6.45) is -2.18. The molecule has 1 amide bonds. The minimum absolute atomic E-state index is 0.0756. The summed E-state index contributed by atoms with van der Waals surface area (Å²) in [5.74, 6) is 0.590. The van der Waals surface area contributed by atoms with Crippen molar-refractivity contribution in [1.29, 1.82) is 0 Å². The van der Waals surface area contributed by atoms with Gasteiger partial charge in [-0.15, -0.1) is 0 Å². The van der Waals surface area contributed by atoms with Crippen LogP contribution < -0.4 is 10.1 Å². The Bertz CT molecular complexity index is 1340. The van der Waals surface area contributed by atoms with Gasteiger partial charge in [-0.05, 0) is 54.8 Å². The second kappa shape index (κ2) is 11.4. The normalized spacial score (nSPS) is 12.5. The van der Waals surface area contributed by atoms with Gasteiger partial charge in [0.2, 0.25) is 0 Å². The molecule has 0 fully saturated rings. The first-order chi connectivity index (χ1) is 17.5. The van der Waals surface area contributed by atoms with Gasteiger partial charge in [-0.3, -0.25) is 10.1 Å². The first-order valence-corrected chi connectivity index (χ1v) is 11.6. The van der Waals surface area contributed by atoms with Crippen molar-refractivity contribution in [3.05, 3.63) is 102 Å². The Balaban J connectivity index is 1.69. The molecule has 2 atom stereocenters. The van der Waals surface area contributed by atoms with E-state index in [2.05, 4.69) is 5.32 Å². The second-order valence-corrected chi connectivity index (χ2v) is 8.29. The van der Waals surface area contributed by atoms with Gasteiger partial charge in [-0.25, -0.2) is 4.79 Å². The van der Waals surface area contributed by atoms with E-state index in [9.17, 15) is 19.8 Å². The number of phenolic OH excluding ortho intramolecular Hbond substituents is 1. The van der Waals surface area contributed by atoms with Gasteiger partial charge in [0.05, 0.1) is 0 Å². The van der Waals surface area contributed by atoms with Crippen LogP contribution in [0.4, 0.5) is 10.5 Å². The number of para-hydroxylation sites is 1. The number of amides is 1. The Morgan fingerprint density at radius 2 is 1.53 bits per heavy atom. The third-order valence-corrected chi connectivity index (χ3v) is 5.80. The topological polar surface area (TPSA) is 105 Å². The van der Waals surface area contributed by atoms with E-state index in [-0.39, 0.29) is 24.6 Å². The molecule has 0 spiro atoms. The van der Waals surface area contributed by atoms with Crippen LogP contribution in [0.5, 0.6) is 11.5 Å². The minimum Gasteiger partial charge on any atom is -0.507 e. The molecular weight excluding hydrogens is 458 g/mol. The number of Topliss-reactive ketones (excluding diaryl/α,β-unsaturated/α-hetero) is 1. The summed E-state index contributed by atoms with van der Waals surface area (Å²) in [6, 6.07) is 26.1. The average molecular weight is 486 g/mol. The third-order valence-electron chi connectivity index (χ3n) is 5.80. The highest BCUT2D eigenvalue weighted by molar-refractivity contribution is 5.95. The molecule has 7 nitrogen and oxygen atoms in total. The number of carbonyl (C=O) groups excluding carboxylic acids is 2. The molecule has 0 aliphatic heterocycles. The van der Waals surface area contributed by atoms with Gasteiger partial charge in [0.15, 0.2) is 11.9 Å². The average Bonchev–Trinajstić information content (AvgIpc) is 2.89. The zero-order chi connectivity index (χ0) is 25.5. The first-order valence-electron chi connectivity index (χ1n) is 11.6. The number of hydrogen-bond donors (Lipinski definition) is 3. The molecular formula is C29H27NO6. The van der Waals surface area contributed by atoms with Gasteiger partial charge in [0.25, 0.3) is 0 Å². The largest absolute Gasteiger partial charge is 0.507 e. The summed E-state index contributed by atoms with van der Waals surface area (Å²) in [4.78, 5) is 24.5. The van der Waals surface area contributed by atoms with Crippen molar-refractivity contribution in [3.63, 3.8) is 0 Å². The van der Waals surface area contributed by atoms with E-state index in [0.717, 1.165) is 0 Å². The van der Waals surface area contributed by atoms with Crippen molar-refractivity contribution in [2.75, 3.05) is 11.9 Å². The highest BCUT2D eigenvalue weighted by Gasteiger charge is 2.31. The van der Waals surface area contributed by atoms with Crippen molar-refractivity contribution >= 4 is 28.3 Å². The monoisotopic (exact) mass is 485 g/mol. The Morgan fingerprint density at radius 1 is 0.861 bits per heavy atom. The van der Waals surface area contributed by atoms with E-state index >= 15 is 0 Å². The van der Waals surface area contributed by atoms with Crippen LogP contribution in [0.1, 0.15) is 35.4 Å². The van der Waals surface area contributed by atoms with Crippen LogP contribution in [0, 0.1) is 0 Å². The number of anilines is 1. The molecule has 4 aromatic carbocycles. The van der Waals surface area contributed by atoms with Crippen LogP contribution in [0.2, 0.25) is 0 Å². The lowest BCUT2D eigenvalue weighted by Gasteiger charge is -2.29. The first kappa shape index (κ1) is 24.8. The van der Waals surface area contributed by atoms with Crippen molar-refractivity contribution in [1.82, 2.24) is 0 Å². The molecule has 4 aromatic rings. The van der Waals surface area contributed by atoms with Crippen LogP contribution in [-0.4, -0.2) is 34.8 Å². The van der Waals surface area contributed by atoms with Crippen molar-refractivity contribution in [3.8, 4) is 11.5 Å². The van der Waals surface area contributed by atoms with Gasteiger partial charge >= 0.3 is 6.09 Å². The number of rotatable bonds is 9. The predicted molar refractivity (Wildman–Crippen MR) is 137 cm³/mol. The molecule has 0 heterocycles. The Hall–Kier alpha value is -4.36. The van der Waals surface area contributed by atoms with Gasteiger partial charge in [-0.2, -0.15) is 0 Å².